The van der Waals surface area contributed by atoms with E-state index in [4.69, 9.17) is 4.74 Å². The van der Waals surface area contributed by atoms with Crippen LogP contribution in [0.5, 0.6) is 0 Å². The van der Waals surface area contributed by atoms with Gasteiger partial charge in [0.25, 0.3) is 0 Å². The van der Waals surface area contributed by atoms with Crippen LogP contribution < -0.4 is 0 Å². The van der Waals surface area contributed by atoms with Crippen molar-refractivity contribution in [2.75, 3.05) is 7.11 Å². The molecular weight excluding hydrogens is 210 g/mol. The Morgan fingerprint density at radius 3 is 2.87 bits per heavy atom. The van der Waals surface area contributed by atoms with Crippen LogP contribution in [-0.2, 0) is 4.74 Å². The van der Waals surface area contributed by atoms with Gasteiger partial charge in [0.15, 0.2) is 0 Å². The van der Waals surface area contributed by atoms with Crippen LogP contribution in [0.4, 0.5) is 0 Å². The van der Waals surface area contributed by atoms with Gasteiger partial charge in [-0.05, 0) is 6.07 Å². The molecule has 0 atom stereocenters. The molecule has 1 aromatic heterocycles. The average molecular weight is 219 g/mol. The van der Waals surface area contributed by atoms with E-state index in [0.29, 0.717) is 5.56 Å². The van der Waals surface area contributed by atoms with Gasteiger partial charge in [-0.15, -0.1) is 11.3 Å². The minimum absolute atomic E-state index is 0.333. The van der Waals surface area contributed by atoms with E-state index < -0.39 is 0 Å². The fraction of sp³-hybridized carbons (Fsp3) is 0.0909. The van der Waals surface area contributed by atoms with Crippen LogP contribution in [0.3, 0.4) is 0 Å². The van der Waals surface area contributed by atoms with Crippen LogP contribution in [0, 0.1) is 0 Å². The summed E-state index contributed by atoms with van der Waals surface area (Å²) >= 11 is 1.50. The third-order valence-corrected chi connectivity index (χ3v) is 2.80. The molecule has 0 spiro atoms. The zero-order valence-electron chi connectivity index (χ0n) is 8.14. The highest BCUT2D eigenvalue weighted by Crippen LogP contribution is 2.25. The van der Waals surface area contributed by atoms with E-state index in [1.165, 1.54) is 18.4 Å². The van der Waals surface area contributed by atoms with Gasteiger partial charge in [-0.3, -0.25) is 0 Å². The zero-order valence-corrected chi connectivity index (χ0v) is 8.95. The average Bonchev–Trinajstić information content (AvgIpc) is 2.81. The summed E-state index contributed by atoms with van der Waals surface area (Å²) in [6, 6.07) is 7.29. The summed E-state index contributed by atoms with van der Waals surface area (Å²) in [6.07, 6.45) is 1.72. The number of ether oxygens (including phenoxy) is 1. The number of rotatable bonds is 2. The molecule has 15 heavy (non-hydrogen) atoms. The third-order valence-electron chi connectivity index (χ3n) is 2.00. The first-order chi connectivity index (χ1) is 7.33. The van der Waals surface area contributed by atoms with Gasteiger partial charge in [0.1, 0.15) is 5.01 Å². The fourth-order valence-corrected chi connectivity index (χ4v) is 1.99. The Morgan fingerprint density at radius 2 is 2.20 bits per heavy atom. The Kier molecular flexibility index (Phi) is 2.78. The van der Waals surface area contributed by atoms with E-state index in [2.05, 4.69) is 4.98 Å². The lowest BCUT2D eigenvalue weighted by Gasteiger charge is -2.04. The molecule has 0 radical (unpaired) electrons. The van der Waals surface area contributed by atoms with Crippen molar-refractivity contribution in [3.8, 4) is 10.6 Å². The first-order valence-electron chi connectivity index (χ1n) is 4.40. The smallest absolute Gasteiger partial charge is 0.338 e. The lowest BCUT2D eigenvalue weighted by molar-refractivity contribution is 0.0601. The lowest BCUT2D eigenvalue weighted by atomic mass is 10.1. The van der Waals surface area contributed by atoms with Crippen molar-refractivity contribution >= 4 is 17.3 Å². The number of hydrogen-bond acceptors (Lipinski definition) is 4. The minimum atomic E-state index is -0.333. The topological polar surface area (TPSA) is 39.2 Å². The number of thiazole rings is 1. The molecule has 0 aliphatic heterocycles. The predicted octanol–water partition coefficient (Wildman–Crippen LogP) is 2.60. The third kappa shape index (κ3) is 1.89. The van der Waals surface area contributed by atoms with Crippen molar-refractivity contribution in [2.45, 2.75) is 0 Å². The Bertz CT molecular complexity index is 465. The van der Waals surface area contributed by atoms with Crippen molar-refractivity contribution in [1.82, 2.24) is 4.98 Å². The summed E-state index contributed by atoms with van der Waals surface area (Å²) in [5.41, 5.74) is 1.37. The molecule has 1 aromatic carbocycles. The van der Waals surface area contributed by atoms with Gasteiger partial charge in [0, 0.05) is 17.1 Å². The zero-order chi connectivity index (χ0) is 10.7. The summed E-state index contributed by atoms with van der Waals surface area (Å²) < 4.78 is 4.71. The van der Waals surface area contributed by atoms with E-state index in [1.54, 1.807) is 12.3 Å². The van der Waals surface area contributed by atoms with E-state index >= 15 is 0 Å². The van der Waals surface area contributed by atoms with Crippen molar-refractivity contribution in [2.24, 2.45) is 0 Å². The van der Waals surface area contributed by atoms with Crippen molar-refractivity contribution in [1.29, 1.82) is 0 Å². The van der Waals surface area contributed by atoms with Gasteiger partial charge in [-0.2, -0.15) is 0 Å². The summed E-state index contributed by atoms with van der Waals surface area (Å²) in [4.78, 5) is 15.7. The van der Waals surface area contributed by atoms with Crippen LogP contribution in [0.25, 0.3) is 10.6 Å². The van der Waals surface area contributed by atoms with Crippen LogP contribution in [0.1, 0.15) is 10.4 Å². The minimum Gasteiger partial charge on any atom is -0.465 e. The molecule has 0 aliphatic rings. The molecule has 0 amide bonds. The predicted molar refractivity (Wildman–Crippen MR) is 58.9 cm³/mol. The standard InChI is InChI=1S/C11H9NO2S/c1-14-11(13)9-5-3-2-4-8(9)10-12-6-7-15-10/h2-7H,1H3. The Balaban J connectivity index is 2.52. The van der Waals surface area contributed by atoms with E-state index in [1.807, 2.05) is 23.6 Å². The number of nitrogens with zero attached hydrogens (tertiary/aromatic N) is 1. The van der Waals surface area contributed by atoms with Crippen LogP contribution in [0.15, 0.2) is 35.8 Å². The highest BCUT2D eigenvalue weighted by atomic mass is 32.1. The van der Waals surface area contributed by atoms with Crippen molar-refractivity contribution < 1.29 is 9.53 Å². The fourth-order valence-electron chi connectivity index (χ4n) is 1.31. The Labute approximate surface area is 91.4 Å². The molecule has 0 unspecified atom stereocenters. The van der Waals surface area contributed by atoms with Gasteiger partial charge in [-0.25, -0.2) is 9.78 Å². The summed E-state index contributed by atoms with van der Waals surface area (Å²) in [7, 11) is 1.38. The van der Waals surface area contributed by atoms with E-state index in [-0.39, 0.29) is 5.97 Å². The Hall–Kier alpha value is -1.68. The number of hydrogen-bond donors (Lipinski definition) is 0. The second kappa shape index (κ2) is 4.23. The maximum absolute atomic E-state index is 11.5. The highest BCUT2D eigenvalue weighted by Gasteiger charge is 2.13. The van der Waals surface area contributed by atoms with Gasteiger partial charge in [0.2, 0.25) is 0 Å². The number of methoxy groups -OCH3 is 1. The normalized spacial score (nSPS) is 9.93. The van der Waals surface area contributed by atoms with Crippen LogP contribution >= 0.6 is 11.3 Å². The SMILES string of the molecule is COC(=O)c1ccccc1-c1nccs1. The van der Waals surface area contributed by atoms with Gasteiger partial charge in [-0.1, -0.05) is 18.2 Å². The summed E-state index contributed by atoms with van der Waals surface area (Å²) in [5.74, 6) is -0.333. The monoisotopic (exact) mass is 219 g/mol. The number of carbonyl (C=O) groups is 1. The molecule has 0 fully saturated rings. The molecule has 3 nitrogen and oxygen atoms in total. The first-order valence-corrected chi connectivity index (χ1v) is 5.28. The van der Waals surface area contributed by atoms with Gasteiger partial charge < -0.3 is 4.74 Å². The number of aromatic nitrogens is 1. The molecule has 4 heteroatoms. The largest absolute Gasteiger partial charge is 0.465 e. The van der Waals surface area contributed by atoms with Crippen molar-refractivity contribution in [3.63, 3.8) is 0 Å². The van der Waals surface area contributed by atoms with Gasteiger partial charge in [0.05, 0.1) is 12.7 Å². The summed E-state index contributed by atoms with van der Waals surface area (Å²) in [5, 5.41) is 2.71. The Morgan fingerprint density at radius 1 is 1.40 bits per heavy atom. The lowest BCUT2D eigenvalue weighted by Crippen LogP contribution is -2.02. The molecule has 76 valence electrons. The van der Waals surface area contributed by atoms with E-state index in [9.17, 15) is 4.79 Å². The van der Waals surface area contributed by atoms with Crippen LogP contribution in [0.2, 0.25) is 0 Å². The molecule has 0 saturated carbocycles. The molecule has 0 saturated heterocycles. The molecule has 2 rings (SSSR count). The van der Waals surface area contributed by atoms with Crippen LogP contribution in [-0.4, -0.2) is 18.1 Å². The molecule has 1 heterocycles. The first kappa shape index (κ1) is 9.86. The molecular formula is C11H9NO2S. The summed E-state index contributed by atoms with van der Waals surface area (Å²) in [6.45, 7) is 0. The van der Waals surface area contributed by atoms with E-state index in [0.717, 1.165) is 10.6 Å². The quantitative estimate of drug-likeness (QED) is 0.729. The number of carbonyl (C=O) groups excluding carboxylic acids is 1. The van der Waals surface area contributed by atoms with Crippen molar-refractivity contribution in [3.05, 3.63) is 41.4 Å². The van der Waals surface area contributed by atoms with Gasteiger partial charge >= 0.3 is 5.97 Å². The molecule has 2 aromatic rings. The highest BCUT2D eigenvalue weighted by molar-refractivity contribution is 7.13. The molecule has 0 N–H and O–H groups in total. The maximum atomic E-state index is 11.5. The number of esters is 1. The second-order valence-electron chi connectivity index (χ2n) is 2.87. The number of benzene rings is 1. The second-order valence-corrected chi connectivity index (χ2v) is 3.77. The maximum Gasteiger partial charge on any atom is 0.338 e. The molecule has 0 bridgehead atoms. The molecule has 0 aliphatic carbocycles.